The maximum atomic E-state index is 9.65. The minimum absolute atomic E-state index is 0. The van der Waals surface area contributed by atoms with Crippen molar-refractivity contribution in [1.82, 2.24) is 19.9 Å². The van der Waals surface area contributed by atoms with Gasteiger partial charge in [0, 0.05) is 38.2 Å². The molecule has 3 heterocycles. The number of aromatic nitrogens is 4. The molecule has 1 aliphatic heterocycles. The van der Waals surface area contributed by atoms with Gasteiger partial charge in [0.25, 0.3) is 0 Å². The van der Waals surface area contributed by atoms with E-state index in [4.69, 9.17) is 9.47 Å². The van der Waals surface area contributed by atoms with Gasteiger partial charge in [0.15, 0.2) is 5.69 Å². The molecule has 3 aromatic rings. The summed E-state index contributed by atoms with van der Waals surface area (Å²) in [6.07, 6.45) is 8.54. The number of fused-ring (bicyclic) bond motifs is 1. The first-order valence-corrected chi connectivity index (χ1v) is 11.7. The Morgan fingerprint density at radius 2 is 1.97 bits per heavy atom. The van der Waals surface area contributed by atoms with Crippen molar-refractivity contribution in [2.45, 2.75) is 45.1 Å². The molecule has 2 aromatic heterocycles. The molecule has 2 fully saturated rings. The molecule has 1 saturated carbocycles. The third kappa shape index (κ3) is 4.88. The Balaban J connectivity index is 0.00000274. The predicted molar refractivity (Wildman–Crippen MR) is 126 cm³/mol. The molecule has 8 heteroatoms. The summed E-state index contributed by atoms with van der Waals surface area (Å²) < 4.78 is 12.1. The first kappa shape index (κ1) is 21.5. The van der Waals surface area contributed by atoms with Crippen LogP contribution in [0.5, 0.6) is 5.75 Å². The zero-order chi connectivity index (χ0) is 22.6. The minimum atomic E-state index is 0. The van der Waals surface area contributed by atoms with E-state index < -0.39 is 0 Å². The van der Waals surface area contributed by atoms with Gasteiger partial charge in [0.2, 0.25) is 0 Å². The Hall–Kier alpha value is -3.31. The third-order valence-electron chi connectivity index (χ3n) is 6.59. The van der Waals surface area contributed by atoms with Crippen molar-refractivity contribution < 1.29 is 10.9 Å². The highest BCUT2D eigenvalue weighted by Crippen LogP contribution is 2.36. The fourth-order valence-electron chi connectivity index (χ4n) is 4.87. The monoisotopic (exact) mass is 446 g/mol. The van der Waals surface area contributed by atoms with Gasteiger partial charge >= 0.3 is 0 Å². The lowest BCUT2D eigenvalue weighted by atomic mass is 9.84. The molecule has 0 bridgehead atoms. The summed E-state index contributed by atoms with van der Waals surface area (Å²) >= 11 is 0. The zero-order valence-corrected chi connectivity index (χ0v) is 18.9. The Labute approximate surface area is 195 Å². The Morgan fingerprint density at radius 3 is 2.73 bits per heavy atom. The molecule has 0 unspecified atom stereocenters. The minimum Gasteiger partial charge on any atom is -0.490 e. The quantitative estimate of drug-likeness (QED) is 0.583. The lowest BCUT2D eigenvalue weighted by molar-refractivity contribution is 0.122. The first-order valence-electron chi connectivity index (χ1n) is 11.7. The fraction of sp³-hybridized carbons (Fsp3) is 0.480. The number of anilines is 1. The third-order valence-corrected chi connectivity index (χ3v) is 6.59. The van der Waals surface area contributed by atoms with Crippen molar-refractivity contribution in [2.75, 3.05) is 31.2 Å². The zero-order valence-electron chi connectivity index (χ0n) is 18.9. The van der Waals surface area contributed by atoms with Crippen LogP contribution in [0.15, 0.2) is 30.7 Å². The van der Waals surface area contributed by atoms with Gasteiger partial charge < -0.3 is 14.4 Å². The molecule has 0 amide bonds. The van der Waals surface area contributed by atoms with Crippen LogP contribution < -0.4 is 9.64 Å². The molecule has 1 aliphatic carbocycles. The molecule has 1 saturated heterocycles. The van der Waals surface area contributed by atoms with E-state index in [-0.39, 0.29) is 7.53 Å². The second-order valence-electron chi connectivity index (χ2n) is 8.83. The van der Waals surface area contributed by atoms with Gasteiger partial charge in [-0.2, -0.15) is 5.26 Å². The summed E-state index contributed by atoms with van der Waals surface area (Å²) in [5.41, 5.74) is 3.27. The van der Waals surface area contributed by atoms with Crippen molar-refractivity contribution in [2.24, 2.45) is 5.92 Å². The Bertz CT molecular complexity index is 1170. The van der Waals surface area contributed by atoms with Crippen molar-refractivity contribution in [3.05, 3.63) is 47.9 Å². The van der Waals surface area contributed by atoms with E-state index >= 15 is 0 Å². The summed E-state index contributed by atoms with van der Waals surface area (Å²) in [7, 11) is 0. The summed E-state index contributed by atoms with van der Waals surface area (Å²) in [5.74, 6) is 2.14. The predicted octanol–water partition coefficient (Wildman–Crippen LogP) is 3.86. The number of aryl methyl sites for hydroxylation is 1. The summed E-state index contributed by atoms with van der Waals surface area (Å²) in [6, 6.07) is 8.30. The van der Waals surface area contributed by atoms with Crippen molar-refractivity contribution in [1.29, 1.82) is 5.26 Å². The van der Waals surface area contributed by atoms with E-state index in [9.17, 15) is 5.26 Å². The number of rotatable bonds is 5. The average Bonchev–Trinajstić information content (AvgIpc) is 2.85. The topological polar surface area (TPSA) is 97.0 Å². The van der Waals surface area contributed by atoms with E-state index in [2.05, 4.69) is 30.9 Å². The van der Waals surface area contributed by atoms with Gasteiger partial charge in [-0.15, -0.1) is 0 Å². The van der Waals surface area contributed by atoms with Crippen LogP contribution in [0.1, 0.15) is 44.3 Å². The van der Waals surface area contributed by atoms with Crippen LogP contribution >= 0.6 is 0 Å². The van der Waals surface area contributed by atoms with Crippen LogP contribution in [0.4, 0.5) is 5.69 Å². The largest absolute Gasteiger partial charge is 0.490 e. The van der Waals surface area contributed by atoms with Crippen LogP contribution in [-0.4, -0.2) is 52.3 Å². The van der Waals surface area contributed by atoms with Gasteiger partial charge in [-0.05, 0) is 57.1 Å². The highest BCUT2D eigenvalue weighted by molar-refractivity contribution is 5.92. The normalized spacial score (nSPS) is 21.0. The average molecular weight is 447 g/mol. The standard InChI is InChI=1S/C25H28N6O2.H2/c1-17-27-7-6-19(30-17)12-18-2-4-21(5-3-18)33-24-14-20(31-8-10-32-11-9-31)13-22-25(24)23(15-26)29-16-28-22;/h6-7,13-14,16,18,21H,2-5,8-12H2,1H3;1H. The summed E-state index contributed by atoms with van der Waals surface area (Å²) in [6.45, 7) is 5.00. The molecule has 0 N–H and O–H groups in total. The molecule has 8 nitrogen and oxygen atoms in total. The van der Waals surface area contributed by atoms with E-state index in [0.29, 0.717) is 36.0 Å². The second kappa shape index (κ2) is 9.67. The maximum absolute atomic E-state index is 9.65. The van der Waals surface area contributed by atoms with E-state index in [0.717, 1.165) is 67.9 Å². The van der Waals surface area contributed by atoms with Gasteiger partial charge in [0.1, 0.15) is 24.0 Å². The fourth-order valence-corrected chi connectivity index (χ4v) is 4.87. The summed E-state index contributed by atoms with van der Waals surface area (Å²) in [5, 5.41) is 10.3. The number of hydrogen-bond donors (Lipinski definition) is 0. The van der Waals surface area contributed by atoms with Crippen LogP contribution in [-0.2, 0) is 11.2 Å². The molecule has 172 valence electrons. The van der Waals surface area contributed by atoms with Crippen molar-refractivity contribution >= 4 is 16.6 Å². The smallest absolute Gasteiger partial charge is 0.155 e. The Kier molecular flexibility index (Phi) is 6.31. The van der Waals surface area contributed by atoms with Gasteiger partial charge in [-0.25, -0.2) is 19.9 Å². The van der Waals surface area contributed by atoms with Gasteiger partial charge in [-0.1, -0.05) is 0 Å². The van der Waals surface area contributed by atoms with Crippen LogP contribution in [0.3, 0.4) is 0 Å². The number of hydrogen-bond acceptors (Lipinski definition) is 8. The molecular formula is C25H30N6O2. The molecular weight excluding hydrogens is 416 g/mol. The molecule has 0 spiro atoms. The number of morpholine rings is 1. The number of nitrogens with zero attached hydrogens (tertiary/aromatic N) is 6. The van der Waals surface area contributed by atoms with Crippen LogP contribution in [0, 0.1) is 24.2 Å². The number of benzene rings is 1. The molecule has 1 aromatic carbocycles. The van der Waals surface area contributed by atoms with E-state index in [1.165, 1.54) is 6.33 Å². The number of nitriles is 1. The van der Waals surface area contributed by atoms with E-state index in [1.54, 1.807) is 0 Å². The molecule has 2 aliphatic rings. The molecule has 33 heavy (non-hydrogen) atoms. The van der Waals surface area contributed by atoms with Crippen LogP contribution in [0.2, 0.25) is 0 Å². The second-order valence-corrected chi connectivity index (χ2v) is 8.83. The maximum Gasteiger partial charge on any atom is 0.155 e. The van der Waals surface area contributed by atoms with E-state index in [1.807, 2.05) is 31.3 Å². The lowest BCUT2D eigenvalue weighted by Crippen LogP contribution is -2.36. The lowest BCUT2D eigenvalue weighted by Gasteiger charge is -2.31. The van der Waals surface area contributed by atoms with Gasteiger partial charge in [-0.3, -0.25) is 0 Å². The SMILES string of the molecule is Cc1nccc(CC2CCC(Oc3cc(N4CCOCC4)cc4ncnc(C#N)c34)CC2)n1.[HH]. The molecule has 0 radical (unpaired) electrons. The van der Waals surface area contributed by atoms with Crippen molar-refractivity contribution in [3.8, 4) is 11.8 Å². The summed E-state index contributed by atoms with van der Waals surface area (Å²) in [4.78, 5) is 19.7. The highest BCUT2D eigenvalue weighted by atomic mass is 16.5. The highest BCUT2D eigenvalue weighted by Gasteiger charge is 2.25. The number of ether oxygens (including phenoxy) is 2. The Morgan fingerprint density at radius 1 is 1.15 bits per heavy atom. The van der Waals surface area contributed by atoms with Crippen LogP contribution in [0.25, 0.3) is 10.9 Å². The first-order chi connectivity index (χ1) is 16.2. The molecule has 5 rings (SSSR count). The molecule has 0 atom stereocenters. The van der Waals surface area contributed by atoms with Crippen molar-refractivity contribution in [3.63, 3.8) is 0 Å². The van der Waals surface area contributed by atoms with Gasteiger partial charge in [0.05, 0.1) is 30.2 Å².